The molecule has 11 heteroatoms. The number of aromatic nitrogens is 4. The fourth-order valence-electron chi connectivity index (χ4n) is 3.39. The van der Waals surface area contributed by atoms with E-state index in [0.717, 1.165) is 17.0 Å². The van der Waals surface area contributed by atoms with Crippen LogP contribution in [0, 0.1) is 34.6 Å². The molecule has 4 aromatic rings. The third-order valence-electron chi connectivity index (χ3n) is 5.50. The Hall–Kier alpha value is -3.14. The molecule has 0 bridgehead atoms. The van der Waals surface area contributed by atoms with Crippen molar-refractivity contribution in [1.29, 1.82) is 0 Å². The van der Waals surface area contributed by atoms with Gasteiger partial charge in [-0.15, -0.1) is 0 Å². The van der Waals surface area contributed by atoms with E-state index in [1.807, 2.05) is 20.8 Å². The summed E-state index contributed by atoms with van der Waals surface area (Å²) in [5.41, 5.74) is 3.96. The number of anilines is 1. The SMILES string of the molecule is Cc1nc(Oc2ccc(NS(=O)(=O)c3cc(C)c(Cl)cc3Cl)cc2)cc(-n2nc(C)c(C)c2C)n1. The maximum Gasteiger partial charge on any atom is 0.263 e. The number of rotatable bonds is 6. The van der Waals surface area contributed by atoms with Crippen molar-refractivity contribution in [2.24, 2.45) is 0 Å². The minimum Gasteiger partial charge on any atom is -0.439 e. The summed E-state index contributed by atoms with van der Waals surface area (Å²) >= 11 is 12.1. The first-order chi connectivity index (χ1) is 16.4. The molecule has 0 fully saturated rings. The molecule has 4 rings (SSSR count). The fraction of sp³-hybridized carbons (Fsp3) is 0.208. The lowest BCUT2D eigenvalue weighted by Gasteiger charge is -2.12. The maximum absolute atomic E-state index is 12.8. The zero-order chi connectivity index (χ0) is 25.5. The van der Waals surface area contributed by atoms with Gasteiger partial charge in [-0.1, -0.05) is 23.2 Å². The number of nitrogens with one attached hydrogen (secondary N) is 1. The molecular weight excluding hydrogens is 509 g/mol. The summed E-state index contributed by atoms with van der Waals surface area (Å²) in [5.74, 6) is 1.94. The van der Waals surface area contributed by atoms with E-state index in [1.54, 1.807) is 48.9 Å². The first kappa shape index (κ1) is 25.0. The lowest BCUT2D eigenvalue weighted by molar-refractivity contribution is 0.459. The Morgan fingerprint density at radius 2 is 1.60 bits per heavy atom. The summed E-state index contributed by atoms with van der Waals surface area (Å²) in [4.78, 5) is 8.77. The minimum atomic E-state index is -3.91. The van der Waals surface area contributed by atoms with Crippen molar-refractivity contribution in [3.8, 4) is 17.4 Å². The molecule has 0 atom stereocenters. The average Bonchev–Trinajstić information content (AvgIpc) is 3.04. The second-order valence-electron chi connectivity index (χ2n) is 8.08. The van der Waals surface area contributed by atoms with Crippen LogP contribution in [0.4, 0.5) is 5.69 Å². The van der Waals surface area contributed by atoms with Crippen LogP contribution in [0.25, 0.3) is 5.82 Å². The molecule has 0 aliphatic carbocycles. The van der Waals surface area contributed by atoms with Gasteiger partial charge in [0.15, 0.2) is 5.82 Å². The molecule has 35 heavy (non-hydrogen) atoms. The van der Waals surface area contributed by atoms with Crippen LogP contribution in [0.1, 0.15) is 28.3 Å². The van der Waals surface area contributed by atoms with Crippen LogP contribution in [0.3, 0.4) is 0 Å². The highest BCUT2D eigenvalue weighted by molar-refractivity contribution is 7.92. The molecule has 182 valence electrons. The van der Waals surface area contributed by atoms with E-state index >= 15 is 0 Å². The van der Waals surface area contributed by atoms with Crippen molar-refractivity contribution in [3.05, 3.63) is 80.8 Å². The lowest BCUT2D eigenvalue weighted by atomic mass is 10.2. The Balaban J connectivity index is 1.55. The Morgan fingerprint density at radius 1 is 0.914 bits per heavy atom. The van der Waals surface area contributed by atoms with Gasteiger partial charge in [0.25, 0.3) is 10.0 Å². The predicted octanol–water partition coefficient (Wildman–Crippen LogP) is 6.10. The molecule has 0 aliphatic heterocycles. The summed E-state index contributed by atoms with van der Waals surface area (Å²) in [6.45, 7) is 9.42. The molecular formula is C24H23Cl2N5O3S. The van der Waals surface area contributed by atoms with Crippen LogP contribution in [-0.4, -0.2) is 28.2 Å². The largest absolute Gasteiger partial charge is 0.439 e. The minimum absolute atomic E-state index is 0.0424. The van der Waals surface area contributed by atoms with Gasteiger partial charge in [-0.3, -0.25) is 4.72 Å². The number of aryl methyl sites for hydroxylation is 3. The normalized spacial score (nSPS) is 11.5. The molecule has 0 unspecified atom stereocenters. The van der Waals surface area contributed by atoms with E-state index in [0.29, 0.717) is 39.5 Å². The molecule has 0 amide bonds. The van der Waals surface area contributed by atoms with E-state index in [1.165, 1.54) is 12.1 Å². The number of hydrogen-bond acceptors (Lipinski definition) is 6. The molecule has 8 nitrogen and oxygen atoms in total. The van der Waals surface area contributed by atoms with E-state index in [2.05, 4.69) is 19.8 Å². The zero-order valence-corrected chi connectivity index (χ0v) is 22.0. The Morgan fingerprint density at radius 3 is 2.23 bits per heavy atom. The number of sulfonamides is 1. The molecule has 2 aromatic heterocycles. The van der Waals surface area contributed by atoms with Crippen LogP contribution in [0.5, 0.6) is 11.6 Å². The van der Waals surface area contributed by atoms with Gasteiger partial charge in [0.2, 0.25) is 5.88 Å². The van der Waals surface area contributed by atoms with E-state index in [4.69, 9.17) is 27.9 Å². The molecule has 1 N–H and O–H groups in total. The van der Waals surface area contributed by atoms with Gasteiger partial charge in [-0.25, -0.2) is 18.1 Å². The molecule has 0 saturated carbocycles. The maximum atomic E-state index is 12.8. The van der Waals surface area contributed by atoms with Crippen LogP contribution in [-0.2, 0) is 10.0 Å². The Kier molecular flexibility index (Phi) is 6.77. The first-order valence-electron chi connectivity index (χ1n) is 10.6. The van der Waals surface area contributed by atoms with Crippen LogP contribution < -0.4 is 9.46 Å². The van der Waals surface area contributed by atoms with Crippen LogP contribution in [0.2, 0.25) is 10.0 Å². The summed E-state index contributed by atoms with van der Waals surface area (Å²) < 4.78 is 35.8. The first-order valence-corrected chi connectivity index (χ1v) is 12.8. The van der Waals surface area contributed by atoms with Crippen molar-refractivity contribution >= 4 is 38.9 Å². The number of ether oxygens (including phenoxy) is 1. The average molecular weight is 532 g/mol. The van der Waals surface area contributed by atoms with Gasteiger partial charge in [0.05, 0.1) is 10.7 Å². The van der Waals surface area contributed by atoms with E-state index in [-0.39, 0.29) is 9.92 Å². The summed E-state index contributed by atoms with van der Waals surface area (Å²) in [6, 6.07) is 11.0. The number of halogens is 2. The van der Waals surface area contributed by atoms with Crippen molar-refractivity contribution in [3.63, 3.8) is 0 Å². The molecule has 0 aliphatic rings. The monoisotopic (exact) mass is 531 g/mol. The molecule has 0 radical (unpaired) electrons. The van der Waals surface area contributed by atoms with Crippen molar-refractivity contribution in [2.75, 3.05) is 4.72 Å². The lowest BCUT2D eigenvalue weighted by Crippen LogP contribution is -2.13. The topological polar surface area (TPSA) is 99.0 Å². The number of hydrogen-bond donors (Lipinski definition) is 1. The van der Waals surface area contributed by atoms with Gasteiger partial charge in [0.1, 0.15) is 16.5 Å². The van der Waals surface area contributed by atoms with Gasteiger partial charge in [0, 0.05) is 22.5 Å². The number of benzene rings is 2. The molecule has 0 spiro atoms. The second-order valence-corrected chi connectivity index (χ2v) is 10.5. The summed E-state index contributed by atoms with van der Waals surface area (Å²) in [7, 11) is -3.91. The van der Waals surface area contributed by atoms with Crippen LogP contribution >= 0.6 is 23.2 Å². The second kappa shape index (κ2) is 9.49. The highest BCUT2D eigenvalue weighted by Gasteiger charge is 2.20. The zero-order valence-electron chi connectivity index (χ0n) is 19.7. The van der Waals surface area contributed by atoms with Gasteiger partial charge in [-0.2, -0.15) is 10.1 Å². The molecule has 2 aromatic carbocycles. The predicted molar refractivity (Wildman–Crippen MR) is 137 cm³/mol. The van der Waals surface area contributed by atoms with Gasteiger partial charge in [-0.05, 0) is 82.1 Å². The van der Waals surface area contributed by atoms with Crippen LogP contribution in [0.15, 0.2) is 47.4 Å². The highest BCUT2D eigenvalue weighted by atomic mass is 35.5. The fourth-order valence-corrected chi connectivity index (χ4v) is 5.28. The van der Waals surface area contributed by atoms with Gasteiger partial charge < -0.3 is 4.74 Å². The third kappa shape index (κ3) is 5.27. The summed E-state index contributed by atoms with van der Waals surface area (Å²) in [5, 5.41) is 4.98. The highest BCUT2D eigenvalue weighted by Crippen LogP contribution is 2.30. The summed E-state index contributed by atoms with van der Waals surface area (Å²) in [6.07, 6.45) is 0. The van der Waals surface area contributed by atoms with Crippen molar-refractivity contribution in [1.82, 2.24) is 19.7 Å². The van der Waals surface area contributed by atoms with E-state index < -0.39 is 10.0 Å². The quantitative estimate of drug-likeness (QED) is 0.322. The number of nitrogens with zero attached hydrogens (tertiary/aromatic N) is 4. The smallest absolute Gasteiger partial charge is 0.263 e. The third-order valence-corrected chi connectivity index (χ3v) is 7.76. The Labute approximate surface area is 214 Å². The molecule has 2 heterocycles. The van der Waals surface area contributed by atoms with Crippen molar-refractivity contribution in [2.45, 2.75) is 39.5 Å². The standard InChI is InChI=1S/C24H23Cl2N5O3S/c1-13-10-22(21(26)11-20(13)25)35(32,33)30-18-6-8-19(9-7-18)34-24-12-23(27-17(5)28-24)31-16(4)14(2)15(3)29-31/h6-12,30H,1-5H3. The van der Waals surface area contributed by atoms with Gasteiger partial charge >= 0.3 is 0 Å². The van der Waals surface area contributed by atoms with E-state index in [9.17, 15) is 8.42 Å². The molecule has 0 saturated heterocycles. The van der Waals surface area contributed by atoms with Crippen molar-refractivity contribution < 1.29 is 13.2 Å². The Bertz CT molecular complexity index is 1530.